The molecule has 0 aromatic heterocycles. The van der Waals surface area contributed by atoms with Crippen LogP contribution in [-0.2, 0) is 4.74 Å². The maximum Gasteiger partial charge on any atom is 0.279 e. The summed E-state index contributed by atoms with van der Waals surface area (Å²) in [5, 5.41) is 2.97. The van der Waals surface area contributed by atoms with E-state index in [1.165, 1.54) is 0 Å². The first-order chi connectivity index (χ1) is 5.66. The Morgan fingerprint density at radius 1 is 1.25 bits per heavy atom. The van der Waals surface area contributed by atoms with E-state index >= 15 is 0 Å². The number of nitrogens with one attached hydrogen (secondary N) is 1. The Morgan fingerprint density at radius 2 is 2.08 bits per heavy atom. The minimum atomic E-state index is -2.62. The summed E-state index contributed by atoms with van der Waals surface area (Å²) in [4.78, 5) is 0. The second-order valence-corrected chi connectivity index (χ2v) is 3.58. The van der Waals surface area contributed by atoms with Crippen molar-refractivity contribution >= 4 is 0 Å². The Morgan fingerprint density at radius 3 is 2.58 bits per heavy atom. The minimum absolute atomic E-state index is 0.116. The van der Waals surface area contributed by atoms with Crippen molar-refractivity contribution < 1.29 is 13.5 Å². The van der Waals surface area contributed by atoms with E-state index in [2.05, 4.69) is 5.32 Å². The van der Waals surface area contributed by atoms with Gasteiger partial charge in [0.2, 0.25) is 0 Å². The van der Waals surface area contributed by atoms with Crippen molar-refractivity contribution in [1.29, 1.82) is 0 Å². The first-order valence-electron chi connectivity index (χ1n) is 4.39. The van der Waals surface area contributed by atoms with Crippen LogP contribution in [0.2, 0.25) is 0 Å². The molecule has 0 amide bonds. The molecule has 0 bridgehead atoms. The lowest BCUT2D eigenvalue weighted by Gasteiger charge is -2.37. The van der Waals surface area contributed by atoms with Gasteiger partial charge in [-0.25, -0.2) is 8.78 Å². The number of alkyl halides is 2. The fourth-order valence-electron chi connectivity index (χ4n) is 2.02. The second kappa shape index (κ2) is 2.64. The van der Waals surface area contributed by atoms with Gasteiger partial charge in [0.1, 0.15) is 5.60 Å². The van der Waals surface area contributed by atoms with Crippen LogP contribution in [-0.4, -0.2) is 31.2 Å². The molecule has 70 valence electrons. The van der Waals surface area contributed by atoms with Crippen LogP contribution in [0, 0.1) is 0 Å². The first kappa shape index (κ1) is 8.38. The predicted molar refractivity (Wildman–Crippen MR) is 40.4 cm³/mol. The SMILES string of the molecule is FC1(F)CCOC12CCCNC2. The maximum atomic E-state index is 13.3. The van der Waals surface area contributed by atoms with Crippen molar-refractivity contribution in [3.63, 3.8) is 0 Å². The molecule has 2 heterocycles. The number of ether oxygens (including phenoxy) is 1. The van der Waals surface area contributed by atoms with Crippen molar-refractivity contribution in [2.45, 2.75) is 30.8 Å². The fraction of sp³-hybridized carbons (Fsp3) is 1.00. The van der Waals surface area contributed by atoms with Crippen LogP contribution in [0.3, 0.4) is 0 Å². The molecule has 2 fully saturated rings. The topological polar surface area (TPSA) is 21.3 Å². The highest BCUT2D eigenvalue weighted by molar-refractivity contribution is 5.02. The lowest BCUT2D eigenvalue weighted by Crippen LogP contribution is -2.55. The standard InChI is InChI=1S/C8H13F2NO/c9-8(10)3-5-12-7(8)2-1-4-11-6-7/h11H,1-6H2. The predicted octanol–water partition coefficient (Wildman–Crippen LogP) is 1.16. The summed E-state index contributed by atoms with van der Waals surface area (Å²) in [5.41, 5.74) is -1.18. The van der Waals surface area contributed by atoms with Crippen LogP contribution in [0.4, 0.5) is 8.78 Å². The Kier molecular flexibility index (Phi) is 1.84. The highest BCUT2D eigenvalue weighted by atomic mass is 19.3. The molecule has 0 saturated carbocycles. The molecule has 1 N–H and O–H groups in total. The molecule has 1 atom stereocenters. The molecule has 12 heavy (non-hydrogen) atoms. The van der Waals surface area contributed by atoms with E-state index < -0.39 is 11.5 Å². The summed E-state index contributed by atoms with van der Waals surface area (Å²) in [6.07, 6.45) is 1.16. The Bertz CT molecular complexity index is 178. The van der Waals surface area contributed by atoms with Crippen LogP contribution < -0.4 is 5.32 Å². The van der Waals surface area contributed by atoms with Crippen molar-refractivity contribution in [1.82, 2.24) is 5.32 Å². The summed E-state index contributed by atoms with van der Waals surface area (Å²) in [6.45, 7) is 1.34. The summed E-state index contributed by atoms with van der Waals surface area (Å²) < 4.78 is 31.8. The summed E-state index contributed by atoms with van der Waals surface area (Å²) >= 11 is 0. The van der Waals surface area contributed by atoms with Gasteiger partial charge in [-0.1, -0.05) is 0 Å². The number of hydrogen-bond donors (Lipinski definition) is 1. The fourth-order valence-corrected chi connectivity index (χ4v) is 2.02. The van der Waals surface area contributed by atoms with Crippen molar-refractivity contribution in [3.8, 4) is 0 Å². The van der Waals surface area contributed by atoms with Crippen LogP contribution in [0.25, 0.3) is 0 Å². The zero-order valence-corrected chi connectivity index (χ0v) is 6.91. The van der Waals surface area contributed by atoms with Gasteiger partial charge in [0.05, 0.1) is 6.61 Å². The van der Waals surface area contributed by atoms with Gasteiger partial charge < -0.3 is 10.1 Å². The third-order valence-corrected chi connectivity index (χ3v) is 2.81. The van der Waals surface area contributed by atoms with Gasteiger partial charge in [0.15, 0.2) is 0 Å². The average molecular weight is 177 g/mol. The van der Waals surface area contributed by atoms with Crippen LogP contribution >= 0.6 is 0 Å². The van der Waals surface area contributed by atoms with Crippen molar-refractivity contribution in [2.24, 2.45) is 0 Å². The Labute approximate surface area is 70.3 Å². The quantitative estimate of drug-likeness (QED) is 0.599. The van der Waals surface area contributed by atoms with E-state index in [1.54, 1.807) is 0 Å². The van der Waals surface area contributed by atoms with Crippen LogP contribution in [0.1, 0.15) is 19.3 Å². The third-order valence-electron chi connectivity index (χ3n) is 2.81. The van der Waals surface area contributed by atoms with Crippen LogP contribution in [0.5, 0.6) is 0 Å². The summed E-state index contributed by atoms with van der Waals surface area (Å²) in [5.74, 6) is -2.62. The third kappa shape index (κ3) is 1.05. The molecule has 2 aliphatic rings. The van der Waals surface area contributed by atoms with Gasteiger partial charge >= 0.3 is 0 Å². The van der Waals surface area contributed by atoms with Gasteiger partial charge in [-0.05, 0) is 19.4 Å². The van der Waals surface area contributed by atoms with Gasteiger partial charge in [-0.15, -0.1) is 0 Å². The monoisotopic (exact) mass is 177 g/mol. The highest BCUT2D eigenvalue weighted by Gasteiger charge is 2.58. The lowest BCUT2D eigenvalue weighted by atomic mass is 9.88. The van der Waals surface area contributed by atoms with E-state index in [0.717, 1.165) is 13.0 Å². The normalized spacial score (nSPS) is 40.5. The van der Waals surface area contributed by atoms with Crippen molar-refractivity contribution in [3.05, 3.63) is 0 Å². The van der Waals surface area contributed by atoms with E-state index in [4.69, 9.17) is 4.74 Å². The molecule has 2 nitrogen and oxygen atoms in total. The number of piperidine rings is 1. The molecule has 2 aliphatic heterocycles. The minimum Gasteiger partial charge on any atom is -0.367 e. The molecule has 0 radical (unpaired) electrons. The van der Waals surface area contributed by atoms with E-state index in [0.29, 0.717) is 13.0 Å². The Balaban J connectivity index is 2.17. The first-order valence-corrected chi connectivity index (χ1v) is 4.39. The zero-order chi connectivity index (χ0) is 8.66. The molecular weight excluding hydrogens is 164 g/mol. The molecule has 1 spiro atoms. The summed E-state index contributed by atoms with van der Waals surface area (Å²) in [6, 6.07) is 0. The zero-order valence-electron chi connectivity index (χ0n) is 6.91. The smallest absolute Gasteiger partial charge is 0.279 e. The molecule has 0 aromatic rings. The molecule has 1 unspecified atom stereocenters. The van der Waals surface area contributed by atoms with Crippen LogP contribution in [0.15, 0.2) is 0 Å². The van der Waals surface area contributed by atoms with Gasteiger partial charge in [-0.2, -0.15) is 0 Å². The molecule has 4 heteroatoms. The molecule has 0 aliphatic carbocycles. The lowest BCUT2D eigenvalue weighted by molar-refractivity contribution is -0.154. The average Bonchev–Trinajstić information content (AvgIpc) is 2.30. The number of hydrogen-bond acceptors (Lipinski definition) is 2. The Hall–Kier alpha value is -0.220. The van der Waals surface area contributed by atoms with E-state index in [-0.39, 0.29) is 13.0 Å². The van der Waals surface area contributed by atoms with E-state index in [1.807, 2.05) is 0 Å². The highest BCUT2D eigenvalue weighted by Crippen LogP contribution is 2.44. The molecular formula is C8H13F2NO. The molecule has 0 aromatic carbocycles. The summed E-state index contributed by atoms with van der Waals surface area (Å²) in [7, 11) is 0. The second-order valence-electron chi connectivity index (χ2n) is 3.58. The van der Waals surface area contributed by atoms with Crippen molar-refractivity contribution in [2.75, 3.05) is 19.7 Å². The van der Waals surface area contributed by atoms with Gasteiger partial charge in [0, 0.05) is 13.0 Å². The number of rotatable bonds is 0. The molecule has 2 rings (SSSR count). The van der Waals surface area contributed by atoms with Gasteiger partial charge in [-0.3, -0.25) is 0 Å². The van der Waals surface area contributed by atoms with E-state index in [9.17, 15) is 8.78 Å². The number of halogens is 2. The van der Waals surface area contributed by atoms with Gasteiger partial charge in [0.25, 0.3) is 5.92 Å². The maximum absolute atomic E-state index is 13.3. The molecule has 2 saturated heterocycles. The largest absolute Gasteiger partial charge is 0.367 e.